The van der Waals surface area contributed by atoms with Gasteiger partial charge in [0.25, 0.3) is 0 Å². The molecule has 0 radical (unpaired) electrons. The van der Waals surface area contributed by atoms with Crippen LogP contribution in [-0.4, -0.2) is 0 Å². The van der Waals surface area contributed by atoms with Crippen molar-refractivity contribution in [3.63, 3.8) is 0 Å². The van der Waals surface area contributed by atoms with E-state index < -0.39 is 0 Å². The molecular formula is C27H16S2. The number of aryl methyl sites for hydroxylation is 1. The van der Waals surface area contributed by atoms with E-state index in [1.807, 2.05) is 22.7 Å². The van der Waals surface area contributed by atoms with Gasteiger partial charge in [0.1, 0.15) is 0 Å². The molecule has 0 N–H and O–H groups in total. The van der Waals surface area contributed by atoms with Gasteiger partial charge in [0.05, 0.1) is 0 Å². The molecule has 0 aliphatic rings. The highest BCUT2D eigenvalue weighted by Crippen LogP contribution is 2.45. The lowest BCUT2D eigenvalue weighted by molar-refractivity contribution is 1.66. The van der Waals surface area contributed by atoms with E-state index in [-0.39, 0.29) is 0 Å². The first kappa shape index (κ1) is 15.9. The summed E-state index contributed by atoms with van der Waals surface area (Å²) in [4.78, 5) is 2.76. The van der Waals surface area contributed by atoms with E-state index in [0.29, 0.717) is 0 Å². The van der Waals surface area contributed by atoms with Gasteiger partial charge in [-0.05, 0) is 67.7 Å². The summed E-state index contributed by atoms with van der Waals surface area (Å²) in [7, 11) is 0. The fraction of sp³-hybridized carbons (Fsp3) is 0.0370. The smallest absolute Gasteiger partial charge is 0.0459 e. The molecule has 7 aromatic rings. The van der Waals surface area contributed by atoms with Crippen LogP contribution in [0.25, 0.3) is 62.9 Å². The van der Waals surface area contributed by atoms with E-state index in [1.165, 1.54) is 67.8 Å². The normalized spacial score (nSPS) is 12.3. The number of benzene rings is 5. The minimum Gasteiger partial charge on any atom is -0.140 e. The summed E-state index contributed by atoms with van der Waals surface area (Å²) in [5.74, 6) is 0. The molecule has 0 saturated heterocycles. The molecule has 2 aromatic heterocycles. The largest absolute Gasteiger partial charge is 0.140 e. The lowest BCUT2D eigenvalue weighted by Gasteiger charge is -2.15. The maximum atomic E-state index is 2.37. The van der Waals surface area contributed by atoms with Crippen molar-refractivity contribution in [1.82, 2.24) is 0 Å². The van der Waals surface area contributed by atoms with Crippen LogP contribution in [0.5, 0.6) is 0 Å². The summed E-state index contributed by atoms with van der Waals surface area (Å²) in [5.41, 5.74) is 1.35. The van der Waals surface area contributed by atoms with Crippen molar-refractivity contribution in [3.05, 3.63) is 83.7 Å². The van der Waals surface area contributed by atoms with Crippen LogP contribution in [0.2, 0.25) is 0 Å². The van der Waals surface area contributed by atoms with Crippen molar-refractivity contribution in [1.29, 1.82) is 0 Å². The van der Waals surface area contributed by atoms with Crippen LogP contribution in [0.3, 0.4) is 0 Å². The Morgan fingerprint density at radius 2 is 1.17 bits per heavy atom. The lowest BCUT2D eigenvalue weighted by atomic mass is 9.88. The highest BCUT2D eigenvalue weighted by Gasteiger charge is 2.16. The average molecular weight is 405 g/mol. The molecule has 136 valence electrons. The number of fused-ring (bicyclic) bond motifs is 3. The SMILES string of the molecule is Cc1cc2sc(-c3ccc4c5cccc6cccc(c7cccc3c74)c65)cc2s1. The van der Waals surface area contributed by atoms with Crippen LogP contribution in [-0.2, 0) is 0 Å². The Hall–Kier alpha value is -2.94. The molecule has 0 aliphatic heterocycles. The quantitative estimate of drug-likeness (QED) is 0.189. The molecule has 2 heteroatoms. The number of rotatable bonds is 1. The second-order valence-corrected chi connectivity index (χ2v) is 10.2. The van der Waals surface area contributed by atoms with Crippen molar-refractivity contribution < 1.29 is 0 Å². The summed E-state index contributed by atoms with van der Waals surface area (Å²) in [6.45, 7) is 2.19. The van der Waals surface area contributed by atoms with Crippen molar-refractivity contribution in [2.75, 3.05) is 0 Å². The van der Waals surface area contributed by atoms with Crippen LogP contribution < -0.4 is 0 Å². The summed E-state index contributed by atoms with van der Waals surface area (Å²) >= 11 is 3.81. The zero-order valence-corrected chi connectivity index (χ0v) is 17.5. The van der Waals surface area contributed by atoms with Gasteiger partial charge in [-0.15, -0.1) is 22.7 Å². The van der Waals surface area contributed by atoms with Gasteiger partial charge in [0.15, 0.2) is 0 Å². The minimum absolute atomic E-state index is 1.32. The Labute approximate surface area is 176 Å². The standard InChI is InChI=1S/C27H16S2/c1-15-13-24-25(28-15)14-23(29-24)17-11-12-22-20-8-3-6-16-5-2-7-19(26(16)20)21-10-4-9-18(17)27(21)22/h2-14H,1H3. The van der Waals surface area contributed by atoms with Gasteiger partial charge in [0.2, 0.25) is 0 Å². The molecule has 29 heavy (non-hydrogen) atoms. The van der Waals surface area contributed by atoms with Crippen LogP contribution >= 0.6 is 22.7 Å². The van der Waals surface area contributed by atoms with E-state index in [0.717, 1.165) is 0 Å². The molecule has 0 unspecified atom stereocenters. The van der Waals surface area contributed by atoms with Gasteiger partial charge in [-0.1, -0.05) is 66.7 Å². The van der Waals surface area contributed by atoms with Gasteiger partial charge in [-0.25, -0.2) is 0 Å². The maximum absolute atomic E-state index is 2.37. The summed E-state index contributed by atoms with van der Waals surface area (Å²) in [6, 6.07) is 29.5. The molecule has 0 spiro atoms. The van der Waals surface area contributed by atoms with Crippen molar-refractivity contribution in [2.24, 2.45) is 0 Å². The van der Waals surface area contributed by atoms with E-state index >= 15 is 0 Å². The molecule has 0 aliphatic carbocycles. The fourth-order valence-corrected chi connectivity index (χ4v) is 7.31. The van der Waals surface area contributed by atoms with E-state index in [1.54, 1.807) is 0 Å². The first-order chi connectivity index (χ1) is 14.3. The predicted octanol–water partition coefficient (Wildman–Crippen LogP) is 8.99. The molecule has 0 amide bonds. The zero-order chi connectivity index (χ0) is 19.1. The molecule has 0 fully saturated rings. The first-order valence-electron chi connectivity index (χ1n) is 9.86. The van der Waals surface area contributed by atoms with Crippen LogP contribution in [0.1, 0.15) is 4.88 Å². The molecule has 0 atom stereocenters. The Balaban J connectivity index is 1.67. The van der Waals surface area contributed by atoms with Crippen LogP contribution in [0, 0.1) is 6.92 Å². The van der Waals surface area contributed by atoms with Crippen LogP contribution in [0.15, 0.2) is 78.9 Å². The topological polar surface area (TPSA) is 0 Å². The molecule has 5 aromatic carbocycles. The maximum Gasteiger partial charge on any atom is 0.0459 e. The minimum atomic E-state index is 1.32. The van der Waals surface area contributed by atoms with Crippen LogP contribution in [0.4, 0.5) is 0 Å². The highest BCUT2D eigenvalue weighted by atomic mass is 32.1. The Bertz CT molecular complexity index is 1630. The van der Waals surface area contributed by atoms with Gasteiger partial charge >= 0.3 is 0 Å². The highest BCUT2D eigenvalue weighted by molar-refractivity contribution is 7.29. The van der Waals surface area contributed by atoms with Crippen molar-refractivity contribution >= 4 is 75.2 Å². The van der Waals surface area contributed by atoms with E-state index in [4.69, 9.17) is 0 Å². The molecule has 7 rings (SSSR count). The number of thiophene rings is 2. The van der Waals surface area contributed by atoms with Gasteiger partial charge < -0.3 is 0 Å². The van der Waals surface area contributed by atoms with Gasteiger partial charge in [-0.2, -0.15) is 0 Å². The van der Waals surface area contributed by atoms with Gasteiger partial charge in [0, 0.05) is 19.2 Å². The van der Waals surface area contributed by atoms with E-state index in [9.17, 15) is 0 Å². The number of hydrogen-bond donors (Lipinski definition) is 0. The van der Waals surface area contributed by atoms with E-state index in [2.05, 4.69) is 85.8 Å². The number of hydrogen-bond acceptors (Lipinski definition) is 2. The molecular weight excluding hydrogens is 388 g/mol. The predicted molar refractivity (Wildman–Crippen MR) is 131 cm³/mol. The van der Waals surface area contributed by atoms with Crippen molar-refractivity contribution in [3.8, 4) is 10.4 Å². The summed E-state index contributed by atoms with van der Waals surface area (Å²) in [5, 5.41) is 10.9. The second kappa shape index (κ2) is 5.56. The van der Waals surface area contributed by atoms with Crippen molar-refractivity contribution in [2.45, 2.75) is 6.92 Å². The zero-order valence-electron chi connectivity index (χ0n) is 15.8. The monoisotopic (exact) mass is 404 g/mol. The molecule has 0 bridgehead atoms. The average Bonchev–Trinajstić information content (AvgIpc) is 3.29. The fourth-order valence-electron chi connectivity index (χ4n) is 4.95. The summed E-state index contributed by atoms with van der Waals surface area (Å²) in [6.07, 6.45) is 0. The third-order valence-electron chi connectivity index (χ3n) is 6.12. The Kier molecular flexibility index (Phi) is 3.06. The Morgan fingerprint density at radius 3 is 1.93 bits per heavy atom. The first-order valence-corrected chi connectivity index (χ1v) is 11.5. The third-order valence-corrected chi connectivity index (χ3v) is 8.36. The lowest BCUT2D eigenvalue weighted by Crippen LogP contribution is -1.88. The molecule has 2 heterocycles. The Morgan fingerprint density at radius 1 is 0.552 bits per heavy atom. The molecule has 0 saturated carbocycles. The second-order valence-electron chi connectivity index (χ2n) is 7.79. The van der Waals surface area contributed by atoms with Gasteiger partial charge in [-0.3, -0.25) is 0 Å². The molecule has 0 nitrogen and oxygen atoms in total. The summed E-state index contributed by atoms with van der Waals surface area (Å²) < 4.78 is 2.80. The third kappa shape index (κ3) is 2.08.